The molecule has 12 rings (SSSR count). The van der Waals surface area contributed by atoms with Crippen LogP contribution in [-0.2, 0) is 39.6 Å². The third-order valence-corrected chi connectivity index (χ3v) is 22.3. The number of carbonyl (C=O) groups is 1. The number of aromatic amines is 4. The Labute approximate surface area is 535 Å². The summed E-state index contributed by atoms with van der Waals surface area (Å²) in [5, 5.41) is 14.3. The van der Waals surface area contributed by atoms with Crippen LogP contribution in [0.5, 0.6) is 0 Å². The van der Waals surface area contributed by atoms with Crippen LogP contribution in [0.1, 0.15) is 18.9 Å². The van der Waals surface area contributed by atoms with Crippen LogP contribution < -0.4 is 19.6 Å². The van der Waals surface area contributed by atoms with Gasteiger partial charge in [0.05, 0.1) is 42.6 Å². The van der Waals surface area contributed by atoms with Crippen LogP contribution in [0.3, 0.4) is 0 Å². The lowest BCUT2D eigenvalue weighted by Gasteiger charge is -2.36. The highest BCUT2D eigenvalue weighted by atomic mass is 35.5. The van der Waals surface area contributed by atoms with E-state index >= 15 is 0 Å². The number of nitrogens with zero attached hydrogens (tertiary/aromatic N) is 10. The van der Waals surface area contributed by atoms with Crippen molar-refractivity contribution >= 4 is 149 Å². The molecule has 4 aliphatic heterocycles. The van der Waals surface area contributed by atoms with E-state index in [1.807, 2.05) is 92.4 Å². The molecule has 0 aliphatic carbocycles. The highest BCUT2D eigenvalue weighted by Crippen LogP contribution is 2.36. The molecular formula is C59H78Cl4N14O8S3. The third-order valence-electron chi connectivity index (χ3n) is 16.2. The van der Waals surface area contributed by atoms with Gasteiger partial charge in [0.25, 0.3) is 0 Å². The van der Waals surface area contributed by atoms with E-state index in [0.717, 1.165) is 92.5 Å². The summed E-state index contributed by atoms with van der Waals surface area (Å²) in [6, 6.07) is 19.5. The number of nitrogens with one attached hydrogen (secondary N) is 4. The van der Waals surface area contributed by atoms with Gasteiger partial charge in [0, 0.05) is 225 Å². The molecule has 4 aliphatic rings. The minimum Gasteiger partial charge on any atom is -0.384 e. The number of piperazine rings is 4. The second-order valence-corrected chi connectivity index (χ2v) is 30.3. The van der Waals surface area contributed by atoms with Gasteiger partial charge in [-0.05, 0) is 79.6 Å². The normalized spacial score (nSPS) is 17.0. The first-order valence-corrected chi connectivity index (χ1v) is 35.8. The first-order chi connectivity index (χ1) is 41.9. The number of hydrogen-bond donors (Lipinski definition) is 4. The molecule has 22 nitrogen and oxygen atoms in total. The van der Waals surface area contributed by atoms with Gasteiger partial charge < -0.3 is 44.2 Å². The van der Waals surface area contributed by atoms with Crippen molar-refractivity contribution in [2.45, 2.75) is 20.3 Å². The molecule has 0 radical (unpaired) electrons. The average molecular weight is 1350 g/mol. The Kier molecular flexibility index (Phi) is 22.2. The number of anilines is 4. The topological polar surface area (TPSA) is 234 Å². The number of sulfonamides is 3. The predicted molar refractivity (Wildman–Crippen MR) is 359 cm³/mol. The number of rotatable bonds is 14. The Balaban J connectivity index is 0.000000140. The lowest BCUT2D eigenvalue weighted by atomic mass is 10.1. The van der Waals surface area contributed by atoms with Gasteiger partial charge >= 0.3 is 0 Å². The molecule has 8 heterocycles. The Morgan fingerprint density at radius 1 is 0.557 bits per heavy atom. The van der Waals surface area contributed by atoms with Crippen LogP contribution in [0.4, 0.5) is 22.7 Å². The Morgan fingerprint density at radius 3 is 1.44 bits per heavy atom. The van der Waals surface area contributed by atoms with E-state index in [4.69, 9.17) is 51.1 Å². The van der Waals surface area contributed by atoms with Crippen LogP contribution in [0.15, 0.2) is 85.5 Å². The molecule has 4 saturated heterocycles. The molecule has 478 valence electrons. The van der Waals surface area contributed by atoms with Crippen LogP contribution in [-0.4, -0.2) is 236 Å². The largest absolute Gasteiger partial charge is 0.384 e. The maximum Gasteiger partial charge on any atom is 0.236 e. The third kappa shape index (κ3) is 16.3. The van der Waals surface area contributed by atoms with E-state index in [9.17, 15) is 30.0 Å². The molecule has 29 heteroatoms. The Morgan fingerprint density at radius 2 is 0.977 bits per heavy atom. The average Bonchev–Trinajstić information content (AvgIpc) is 1.92. The standard InChI is InChI=1S/C15H20ClN5O.C15H20ClN3O3S.C15H20ClN3O2S.C14H18ClN3O2S/c1-19(2)15(22)10-20-3-5-21(6-4-20)14-8-11(16)7-13-12(14)9-17-18-13;1-22-8-9-23(20,21)19-6-4-18(5-7-19)15-11-12(16)10-14-13(15)2-3-17-14;1-2-9-22(20,21)19-7-5-18(6-8-19)15-11-12(16)10-14-13(15)3-4-17-14;1-10-9-16-12-7-11(15)8-13(14(10)12)17-3-5-18(6-4-17)21(2,19)20/h7-9H,3-6,10H2,1-2H3,(H,17,18);2-3,10-11,17H,4-9H2,1H3;3-4,10-11,17H,2,5-9H2,1H3;7-9,16H,3-6H2,1-2H3. The number of hydrogen-bond acceptors (Lipinski definition) is 14. The second-order valence-electron chi connectivity index (χ2n) is 22.4. The number of H-pyrrole nitrogens is 4. The molecule has 0 atom stereocenters. The van der Waals surface area contributed by atoms with Crippen LogP contribution in [0.25, 0.3) is 43.6 Å². The number of fused-ring (bicyclic) bond motifs is 4. The number of halogens is 4. The van der Waals surface area contributed by atoms with E-state index in [2.05, 4.69) is 56.6 Å². The number of aromatic nitrogens is 5. The first kappa shape index (κ1) is 66.9. The van der Waals surface area contributed by atoms with E-state index in [1.54, 1.807) is 27.6 Å². The Hall–Kier alpha value is -5.55. The van der Waals surface area contributed by atoms with Gasteiger partial charge in [0.15, 0.2) is 0 Å². The number of aryl methyl sites for hydroxylation is 1. The number of ether oxygens (including phenoxy) is 1. The molecule has 0 bridgehead atoms. The molecule has 4 fully saturated rings. The molecule has 0 unspecified atom stereocenters. The molecule has 0 spiro atoms. The summed E-state index contributed by atoms with van der Waals surface area (Å²) < 4.78 is 81.4. The lowest BCUT2D eigenvalue weighted by Crippen LogP contribution is -2.49. The minimum atomic E-state index is -3.24. The van der Waals surface area contributed by atoms with Gasteiger partial charge in [-0.15, -0.1) is 0 Å². The molecule has 4 aromatic heterocycles. The predicted octanol–water partition coefficient (Wildman–Crippen LogP) is 8.24. The second kappa shape index (κ2) is 29.2. The molecule has 8 aromatic rings. The fraction of sp³-hybridized carbons (Fsp3) is 0.458. The molecule has 88 heavy (non-hydrogen) atoms. The maximum atomic E-state index is 12.2. The van der Waals surface area contributed by atoms with E-state index in [-0.39, 0.29) is 24.0 Å². The van der Waals surface area contributed by atoms with Gasteiger partial charge in [-0.1, -0.05) is 53.3 Å². The summed E-state index contributed by atoms with van der Waals surface area (Å²) in [5.41, 5.74) is 9.42. The number of carbonyl (C=O) groups excluding carboxylic acids is 1. The summed E-state index contributed by atoms with van der Waals surface area (Å²) >= 11 is 24.8. The molecule has 4 N–H and O–H groups in total. The quantitative estimate of drug-likeness (QED) is 0.0803. The van der Waals surface area contributed by atoms with Gasteiger partial charge in [-0.2, -0.15) is 18.0 Å². The minimum absolute atomic E-state index is 0.0305. The van der Waals surface area contributed by atoms with Gasteiger partial charge in [-0.25, -0.2) is 25.3 Å². The summed E-state index contributed by atoms with van der Waals surface area (Å²) in [4.78, 5) is 34.1. The van der Waals surface area contributed by atoms with Gasteiger partial charge in [0.2, 0.25) is 36.0 Å². The van der Waals surface area contributed by atoms with Gasteiger partial charge in [-0.3, -0.25) is 14.8 Å². The van der Waals surface area contributed by atoms with Crippen LogP contribution in [0.2, 0.25) is 20.1 Å². The zero-order valence-electron chi connectivity index (χ0n) is 50.4. The van der Waals surface area contributed by atoms with Crippen molar-refractivity contribution < 1.29 is 34.8 Å². The van der Waals surface area contributed by atoms with Crippen molar-refractivity contribution in [1.82, 2.24) is 47.9 Å². The zero-order chi connectivity index (χ0) is 63.1. The SMILES string of the molecule is CCCS(=O)(=O)N1CCN(c2cc(Cl)cc3[nH]ccc23)CC1.CN(C)C(=O)CN1CCN(c2cc(Cl)cc3[nH]ncc23)CC1.COCCS(=O)(=O)N1CCN(c2cc(Cl)cc3[nH]ccc23)CC1.Cc1c[nH]c2cc(Cl)cc(N3CCN(S(C)(=O)=O)CC3)c12. The highest BCUT2D eigenvalue weighted by molar-refractivity contribution is 7.89. The summed E-state index contributed by atoms with van der Waals surface area (Å²) in [6.45, 7) is 15.2. The molecular weight excluding hydrogens is 1270 g/mol. The van der Waals surface area contributed by atoms with Crippen molar-refractivity contribution in [1.29, 1.82) is 0 Å². The maximum absolute atomic E-state index is 12.2. The number of likely N-dealkylation sites (N-methyl/N-ethyl adjacent to an activating group) is 1. The number of amides is 1. The van der Waals surface area contributed by atoms with Crippen molar-refractivity contribution in [2.24, 2.45) is 0 Å². The smallest absolute Gasteiger partial charge is 0.236 e. The van der Waals surface area contributed by atoms with E-state index in [0.29, 0.717) is 112 Å². The fourth-order valence-electron chi connectivity index (χ4n) is 11.5. The number of methoxy groups -OCH3 is 1. The molecule has 0 saturated carbocycles. The van der Waals surface area contributed by atoms with Crippen molar-refractivity contribution in [2.75, 3.05) is 176 Å². The fourth-order valence-corrected chi connectivity index (χ4v) is 16.0. The Bertz CT molecular complexity index is 4040. The van der Waals surface area contributed by atoms with Crippen molar-refractivity contribution in [3.8, 4) is 0 Å². The number of benzene rings is 4. The monoisotopic (exact) mass is 1350 g/mol. The molecule has 4 aromatic carbocycles. The summed E-state index contributed by atoms with van der Waals surface area (Å²) in [7, 11) is -4.36. The zero-order valence-corrected chi connectivity index (χ0v) is 55.9. The van der Waals surface area contributed by atoms with Crippen LogP contribution >= 0.6 is 46.4 Å². The highest BCUT2D eigenvalue weighted by Gasteiger charge is 2.30. The lowest BCUT2D eigenvalue weighted by molar-refractivity contribution is -0.130. The van der Waals surface area contributed by atoms with Crippen molar-refractivity contribution in [3.05, 3.63) is 111 Å². The van der Waals surface area contributed by atoms with E-state index in [1.165, 1.54) is 23.2 Å². The van der Waals surface area contributed by atoms with Crippen LogP contribution in [0, 0.1) is 6.92 Å². The van der Waals surface area contributed by atoms with Gasteiger partial charge in [0.1, 0.15) is 0 Å². The summed E-state index contributed by atoms with van der Waals surface area (Å²) in [5.74, 6) is 0.406. The molecule has 1 amide bonds. The van der Waals surface area contributed by atoms with Crippen molar-refractivity contribution in [3.63, 3.8) is 0 Å². The van der Waals surface area contributed by atoms with E-state index < -0.39 is 30.1 Å². The summed E-state index contributed by atoms with van der Waals surface area (Å²) in [6.07, 6.45) is 9.50. The first-order valence-electron chi connectivity index (χ1n) is 29.2.